The van der Waals surface area contributed by atoms with Crippen molar-refractivity contribution < 1.29 is 5.11 Å². The predicted octanol–water partition coefficient (Wildman–Crippen LogP) is 0.557. The zero-order chi connectivity index (χ0) is 5.98. The molecule has 1 saturated heterocycles. The zero-order valence-electron chi connectivity index (χ0n) is 5.18. The molecule has 0 bridgehead atoms. The van der Waals surface area contributed by atoms with E-state index in [9.17, 15) is 5.11 Å². The third-order valence-corrected chi connectivity index (χ3v) is 1.67. The van der Waals surface area contributed by atoms with E-state index >= 15 is 0 Å². The molecule has 0 amide bonds. The second-order valence-electron chi connectivity index (χ2n) is 2.41. The average Bonchev–Trinajstić information content (AvgIpc) is 2.12. The van der Waals surface area contributed by atoms with Gasteiger partial charge in [0.2, 0.25) is 0 Å². The van der Waals surface area contributed by atoms with Crippen LogP contribution < -0.4 is 5.32 Å². The first-order chi connectivity index (χ1) is 3.80. The number of hydrogen-bond donors (Lipinski definition) is 1. The van der Waals surface area contributed by atoms with E-state index in [1.807, 2.05) is 0 Å². The van der Waals surface area contributed by atoms with Crippen molar-refractivity contribution in [3.8, 4) is 0 Å². The summed E-state index contributed by atoms with van der Waals surface area (Å²) in [6.07, 6.45) is 1.83. The molecule has 0 aromatic heterocycles. The van der Waals surface area contributed by atoms with Crippen molar-refractivity contribution in [3.05, 3.63) is 0 Å². The Morgan fingerprint density at radius 1 is 1.75 bits per heavy atom. The van der Waals surface area contributed by atoms with Gasteiger partial charge in [0.15, 0.2) is 0 Å². The number of nitrogens with one attached hydrogen (secondary N) is 1. The van der Waals surface area contributed by atoms with E-state index < -0.39 is 6.10 Å². The molecule has 1 fully saturated rings. The van der Waals surface area contributed by atoms with E-state index in [1.54, 1.807) is 6.92 Å². The molecule has 1 rings (SSSR count). The van der Waals surface area contributed by atoms with Gasteiger partial charge in [0.25, 0.3) is 0 Å². The minimum Gasteiger partial charge on any atom is -0.311 e. The summed E-state index contributed by atoms with van der Waals surface area (Å²) in [5.41, 5.74) is 0. The van der Waals surface area contributed by atoms with Crippen LogP contribution in [0.15, 0.2) is 0 Å². The molecule has 8 heavy (non-hydrogen) atoms. The van der Waals surface area contributed by atoms with Crippen LogP contribution in [0.3, 0.4) is 0 Å². The summed E-state index contributed by atoms with van der Waals surface area (Å²) in [5, 5.41) is 13.8. The Labute approximate surface area is 49.9 Å². The summed E-state index contributed by atoms with van der Waals surface area (Å²) >= 11 is 0. The van der Waals surface area contributed by atoms with Crippen molar-refractivity contribution in [2.24, 2.45) is 0 Å². The lowest BCUT2D eigenvalue weighted by Crippen LogP contribution is -2.31. The predicted molar refractivity (Wildman–Crippen MR) is 31.2 cm³/mol. The molecule has 0 aromatic carbocycles. The maximum absolute atomic E-state index is 10.7. The van der Waals surface area contributed by atoms with Gasteiger partial charge in [-0.3, -0.25) is 0 Å². The van der Waals surface area contributed by atoms with Crippen molar-refractivity contribution in [1.82, 2.24) is 5.32 Å². The molecule has 2 nitrogen and oxygen atoms in total. The van der Waals surface area contributed by atoms with Gasteiger partial charge in [-0.15, -0.1) is 0 Å². The van der Waals surface area contributed by atoms with Crippen molar-refractivity contribution in [3.63, 3.8) is 0 Å². The van der Waals surface area contributed by atoms with Crippen molar-refractivity contribution in [2.45, 2.75) is 31.9 Å². The molecule has 1 radical (unpaired) electrons. The third kappa shape index (κ3) is 1.20. The van der Waals surface area contributed by atoms with Crippen LogP contribution in [0.25, 0.3) is 0 Å². The summed E-state index contributed by atoms with van der Waals surface area (Å²) in [6, 6.07) is 0.259. The monoisotopic (exact) mass is 114 g/mol. The fourth-order valence-electron chi connectivity index (χ4n) is 1.11. The first-order valence-corrected chi connectivity index (χ1v) is 3.20. The maximum atomic E-state index is 10.7. The summed E-state index contributed by atoms with van der Waals surface area (Å²) in [7, 11) is 0. The summed E-state index contributed by atoms with van der Waals surface area (Å²) in [6.45, 7) is 2.76. The topological polar surface area (TPSA) is 31.9 Å². The van der Waals surface area contributed by atoms with Crippen LogP contribution in [0.5, 0.6) is 0 Å². The molecular weight excluding hydrogens is 102 g/mol. The highest BCUT2D eigenvalue weighted by Gasteiger charge is 2.19. The SMILES string of the molecule is CC([O])C1CCCN1. The van der Waals surface area contributed by atoms with Crippen LogP contribution in [0.4, 0.5) is 0 Å². The Balaban J connectivity index is 2.24. The fourth-order valence-corrected chi connectivity index (χ4v) is 1.11. The van der Waals surface area contributed by atoms with Gasteiger partial charge in [-0.25, -0.2) is 5.11 Å². The molecule has 0 aromatic rings. The molecule has 0 spiro atoms. The summed E-state index contributed by atoms with van der Waals surface area (Å²) in [5.74, 6) is 0. The van der Waals surface area contributed by atoms with Crippen LogP contribution in [0.1, 0.15) is 19.8 Å². The lowest BCUT2D eigenvalue weighted by atomic mass is 10.1. The Morgan fingerprint density at radius 3 is 2.75 bits per heavy atom. The summed E-state index contributed by atoms with van der Waals surface area (Å²) < 4.78 is 0. The lowest BCUT2D eigenvalue weighted by Gasteiger charge is -2.09. The van der Waals surface area contributed by atoms with Crippen molar-refractivity contribution >= 4 is 0 Å². The molecule has 0 aliphatic carbocycles. The highest BCUT2D eigenvalue weighted by molar-refractivity contribution is 4.77. The largest absolute Gasteiger partial charge is 0.311 e. The van der Waals surface area contributed by atoms with Gasteiger partial charge in [-0.2, -0.15) is 0 Å². The van der Waals surface area contributed by atoms with Gasteiger partial charge >= 0.3 is 0 Å². The van der Waals surface area contributed by atoms with Gasteiger partial charge in [0.1, 0.15) is 6.10 Å². The zero-order valence-corrected chi connectivity index (χ0v) is 5.18. The molecule has 2 unspecified atom stereocenters. The summed E-state index contributed by atoms with van der Waals surface area (Å²) in [4.78, 5) is 0. The Kier molecular flexibility index (Phi) is 1.86. The Hall–Kier alpha value is -0.0800. The minimum atomic E-state index is -0.419. The van der Waals surface area contributed by atoms with Crippen LogP contribution >= 0.6 is 0 Å². The Morgan fingerprint density at radius 2 is 2.50 bits per heavy atom. The standard InChI is InChI=1S/C6H12NO/c1-5(8)6-3-2-4-7-6/h5-7H,2-4H2,1H3. The second-order valence-corrected chi connectivity index (χ2v) is 2.41. The van der Waals surface area contributed by atoms with Crippen molar-refractivity contribution in [1.29, 1.82) is 0 Å². The van der Waals surface area contributed by atoms with E-state index in [0.29, 0.717) is 0 Å². The number of hydrogen-bond acceptors (Lipinski definition) is 1. The highest BCUT2D eigenvalue weighted by atomic mass is 16.3. The maximum Gasteiger partial charge on any atom is 0.105 e. The lowest BCUT2D eigenvalue weighted by molar-refractivity contribution is 0.0755. The van der Waals surface area contributed by atoms with E-state index in [4.69, 9.17) is 0 Å². The first-order valence-electron chi connectivity index (χ1n) is 3.20. The molecule has 1 aliphatic rings. The van der Waals surface area contributed by atoms with Crippen molar-refractivity contribution in [2.75, 3.05) is 6.54 Å². The smallest absolute Gasteiger partial charge is 0.105 e. The van der Waals surface area contributed by atoms with Gasteiger partial charge < -0.3 is 5.32 Å². The molecule has 47 valence electrons. The molecule has 1 aliphatic heterocycles. The van der Waals surface area contributed by atoms with E-state index in [0.717, 1.165) is 13.0 Å². The van der Waals surface area contributed by atoms with Gasteiger partial charge in [-0.05, 0) is 26.3 Å². The van der Waals surface area contributed by atoms with Gasteiger partial charge in [0.05, 0.1) is 0 Å². The molecular formula is C6H12NO. The molecule has 2 atom stereocenters. The molecule has 0 saturated carbocycles. The van der Waals surface area contributed by atoms with Crippen LogP contribution in [0.2, 0.25) is 0 Å². The van der Waals surface area contributed by atoms with E-state index in [-0.39, 0.29) is 6.04 Å². The quantitative estimate of drug-likeness (QED) is 0.530. The van der Waals surface area contributed by atoms with Gasteiger partial charge in [-0.1, -0.05) is 0 Å². The van der Waals surface area contributed by atoms with Gasteiger partial charge in [0, 0.05) is 6.04 Å². The second kappa shape index (κ2) is 2.46. The average molecular weight is 114 g/mol. The van der Waals surface area contributed by atoms with Crippen LogP contribution in [-0.2, 0) is 5.11 Å². The van der Waals surface area contributed by atoms with Crippen LogP contribution in [0, 0.1) is 0 Å². The minimum absolute atomic E-state index is 0.259. The van der Waals surface area contributed by atoms with E-state index in [1.165, 1.54) is 6.42 Å². The van der Waals surface area contributed by atoms with Crippen LogP contribution in [-0.4, -0.2) is 18.7 Å². The molecule has 1 N–H and O–H groups in total. The van der Waals surface area contributed by atoms with E-state index in [2.05, 4.69) is 5.32 Å². The first kappa shape index (κ1) is 6.05. The third-order valence-electron chi connectivity index (χ3n) is 1.67. The molecule has 2 heteroatoms. The molecule has 1 heterocycles. The fraction of sp³-hybridized carbons (Fsp3) is 1.00. The highest BCUT2D eigenvalue weighted by Crippen LogP contribution is 2.08. The Bertz CT molecular complexity index is 66.9. The normalized spacial score (nSPS) is 33.0. The number of rotatable bonds is 1.